The molecule has 64 heavy (non-hydrogen) atoms. The molecule has 29 heteroatoms. The highest BCUT2D eigenvalue weighted by Crippen LogP contribution is 2.37. The summed E-state index contributed by atoms with van der Waals surface area (Å²) in [6.45, 7) is 2.86. The van der Waals surface area contributed by atoms with Crippen LogP contribution in [0.3, 0.4) is 0 Å². The summed E-state index contributed by atoms with van der Waals surface area (Å²) in [5.74, 6) is -0.696. The SMILES string of the molecule is CCS(=O)(=O)c1cc(Br)cnc1-c1ccn2nc(C(F)(F)F)cc2n1.CCS(=O)(=O)c1ccc(-n2nc3cc(SC(F)(F)F)ccn3c2=O)nc1-c1ccn2nc(C(F)(F)F)cc2n1. The molecule has 8 rings (SSSR count). The third-order valence-electron chi connectivity index (χ3n) is 8.75. The lowest BCUT2D eigenvalue weighted by Crippen LogP contribution is -2.21. The summed E-state index contributed by atoms with van der Waals surface area (Å²) in [6.07, 6.45) is -4.43. The molecule has 0 unspecified atom stereocenters. The molecule has 0 saturated carbocycles. The maximum Gasteiger partial charge on any atom is 0.446 e. The first-order valence-electron chi connectivity index (χ1n) is 17.7. The van der Waals surface area contributed by atoms with E-state index in [-0.39, 0.29) is 71.7 Å². The van der Waals surface area contributed by atoms with Crippen molar-refractivity contribution in [3.8, 4) is 28.6 Å². The summed E-state index contributed by atoms with van der Waals surface area (Å²) < 4.78 is 170. The number of thioether (sulfide) groups is 1. The highest BCUT2D eigenvalue weighted by atomic mass is 79.9. The van der Waals surface area contributed by atoms with Crippen molar-refractivity contribution in [3.05, 3.63) is 106 Å². The number of aromatic nitrogens is 11. The van der Waals surface area contributed by atoms with E-state index < -0.39 is 66.4 Å². The molecule has 0 aromatic carbocycles. The molecule has 0 aliphatic carbocycles. The van der Waals surface area contributed by atoms with Gasteiger partial charge in [-0.1, -0.05) is 13.8 Å². The molecule has 0 radical (unpaired) electrons. The van der Waals surface area contributed by atoms with Gasteiger partial charge in [-0.25, -0.2) is 50.0 Å². The molecule has 336 valence electrons. The van der Waals surface area contributed by atoms with Crippen LogP contribution >= 0.6 is 27.7 Å². The maximum absolute atomic E-state index is 13.1. The number of sulfone groups is 2. The summed E-state index contributed by atoms with van der Waals surface area (Å²) in [6, 6.07) is 9.85. The smallest absolute Gasteiger partial charge is 0.252 e. The first kappa shape index (κ1) is 46.1. The number of hydrogen-bond donors (Lipinski definition) is 0. The molecule has 0 saturated heterocycles. The normalized spacial score (nSPS) is 12.9. The van der Waals surface area contributed by atoms with Gasteiger partial charge in [0.05, 0.1) is 32.7 Å². The van der Waals surface area contributed by atoms with Gasteiger partial charge in [-0.3, -0.25) is 4.98 Å². The molecule has 0 N–H and O–H groups in total. The van der Waals surface area contributed by atoms with E-state index in [1.807, 2.05) is 0 Å². The van der Waals surface area contributed by atoms with Crippen molar-refractivity contribution in [2.75, 3.05) is 11.5 Å². The molecule has 0 bridgehead atoms. The zero-order valence-electron chi connectivity index (χ0n) is 31.9. The first-order valence-corrected chi connectivity index (χ1v) is 22.6. The number of rotatable bonds is 8. The molecule has 8 aromatic rings. The van der Waals surface area contributed by atoms with Gasteiger partial charge in [0.2, 0.25) is 0 Å². The Morgan fingerprint density at radius 2 is 1.19 bits per heavy atom. The van der Waals surface area contributed by atoms with E-state index >= 15 is 0 Å². The fourth-order valence-corrected chi connectivity index (χ4v) is 8.90. The van der Waals surface area contributed by atoms with Crippen LogP contribution in [0.15, 0.2) is 103 Å². The molecule has 8 aromatic heterocycles. The minimum Gasteiger partial charge on any atom is -0.252 e. The second-order valence-electron chi connectivity index (χ2n) is 12.9. The number of nitrogens with zero attached hydrogens (tertiary/aromatic N) is 11. The van der Waals surface area contributed by atoms with Crippen molar-refractivity contribution in [1.82, 2.24) is 53.3 Å². The second-order valence-corrected chi connectivity index (χ2v) is 19.5. The molecule has 0 fully saturated rings. The summed E-state index contributed by atoms with van der Waals surface area (Å²) >= 11 is 2.77. The summed E-state index contributed by atoms with van der Waals surface area (Å²) in [7, 11) is -7.54. The Bertz CT molecular complexity index is 3410. The molecule has 0 spiro atoms. The third kappa shape index (κ3) is 9.46. The molecule has 0 aliphatic heterocycles. The number of alkyl halides is 9. The highest BCUT2D eigenvalue weighted by molar-refractivity contribution is 9.10. The van der Waals surface area contributed by atoms with Gasteiger partial charge < -0.3 is 0 Å². The Morgan fingerprint density at radius 1 is 0.641 bits per heavy atom. The third-order valence-corrected chi connectivity index (χ3v) is 13.4. The van der Waals surface area contributed by atoms with Gasteiger partial charge in [0.25, 0.3) is 0 Å². The number of halogens is 10. The van der Waals surface area contributed by atoms with Crippen molar-refractivity contribution >= 4 is 64.3 Å². The Morgan fingerprint density at radius 3 is 1.72 bits per heavy atom. The first-order chi connectivity index (χ1) is 29.8. The van der Waals surface area contributed by atoms with Crippen molar-refractivity contribution in [3.63, 3.8) is 0 Å². The van der Waals surface area contributed by atoms with Gasteiger partial charge in [-0.2, -0.15) is 54.4 Å². The van der Waals surface area contributed by atoms with Crippen molar-refractivity contribution in [2.24, 2.45) is 0 Å². The average molecular weight is 1020 g/mol. The molecular formula is C35H23BrF9N11O5S3. The quantitative estimate of drug-likeness (QED) is 0.108. The van der Waals surface area contributed by atoms with E-state index in [1.54, 1.807) is 0 Å². The van der Waals surface area contributed by atoms with E-state index in [2.05, 4.69) is 51.2 Å². The average Bonchev–Trinajstić information content (AvgIpc) is 3.95. The van der Waals surface area contributed by atoms with Crippen molar-refractivity contribution in [1.29, 1.82) is 0 Å². The summed E-state index contributed by atoms with van der Waals surface area (Å²) in [4.78, 5) is 28.8. The zero-order valence-corrected chi connectivity index (χ0v) is 35.9. The molecular weight excluding hydrogens is 1000 g/mol. The molecule has 0 aliphatic rings. The molecule has 16 nitrogen and oxygen atoms in total. The van der Waals surface area contributed by atoms with Gasteiger partial charge in [-0.05, 0) is 70.2 Å². The summed E-state index contributed by atoms with van der Waals surface area (Å²) in [5, 5.41) is 10.8. The Hall–Kier alpha value is -5.94. The minimum absolute atomic E-state index is 0.0446. The Kier molecular flexibility index (Phi) is 11.9. The lowest BCUT2D eigenvalue weighted by atomic mass is 10.2. The largest absolute Gasteiger partial charge is 0.446 e. The monoisotopic (exact) mass is 1020 g/mol. The molecule has 8 heterocycles. The van der Waals surface area contributed by atoms with Crippen molar-refractivity contribution < 1.29 is 56.3 Å². The summed E-state index contributed by atoms with van der Waals surface area (Å²) in [5.41, 5.74) is -8.31. The van der Waals surface area contributed by atoms with Crippen LogP contribution in [-0.4, -0.2) is 87.2 Å². The zero-order chi connectivity index (χ0) is 46.7. The van der Waals surface area contributed by atoms with E-state index in [9.17, 15) is 61.1 Å². The van der Waals surface area contributed by atoms with Crippen LogP contribution < -0.4 is 5.69 Å². The lowest BCUT2D eigenvalue weighted by Gasteiger charge is -2.10. The van der Waals surface area contributed by atoms with Gasteiger partial charge in [0.1, 0.15) is 11.4 Å². The predicted octanol–water partition coefficient (Wildman–Crippen LogP) is 7.38. The van der Waals surface area contributed by atoms with Crippen molar-refractivity contribution in [2.45, 2.75) is 46.4 Å². The van der Waals surface area contributed by atoms with Crippen LogP contribution in [0.25, 0.3) is 45.5 Å². The Labute approximate surface area is 364 Å². The predicted molar refractivity (Wildman–Crippen MR) is 212 cm³/mol. The van der Waals surface area contributed by atoms with E-state index in [1.165, 1.54) is 50.5 Å². The highest BCUT2D eigenvalue weighted by Gasteiger charge is 2.36. The molecule has 0 atom stereocenters. The standard InChI is InChI=1S/C21H13F6N7O3S2.C14H10BrF3N4O2S/c1-2-39(36,37)13-3-4-15(34-19(35)32-7-5-11(9-17(32)31-34)38-21(25,26)27)29-18(13)12-6-8-33-16(28-12)10-14(30-33)20(22,23)24;1-2-25(23,24)10-5-8(15)7-19-13(10)9-3-4-22-12(20-9)6-11(21-22)14(16,17)18/h3-10H,2H2,1H3;3-7H,2H2,1H3. The maximum atomic E-state index is 13.1. The van der Waals surface area contributed by atoms with Gasteiger partial charge in [-0.15, -0.1) is 5.10 Å². The minimum atomic E-state index is -4.74. The van der Waals surface area contributed by atoms with Crippen LogP contribution in [0.5, 0.6) is 0 Å². The second kappa shape index (κ2) is 16.6. The van der Waals surface area contributed by atoms with Gasteiger partial charge in [0, 0.05) is 46.3 Å². The topological polar surface area (TPSA) is 194 Å². The van der Waals surface area contributed by atoms with E-state index in [4.69, 9.17) is 0 Å². The number of hydrogen-bond acceptors (Lipinski definition) is 13. The van der Waals surface area contributed by atoms with E-state index in [0.717, 1.165) is 54.8 Å². The van der Waals surface area contributed by atoms with Crippen LogP contribution in [0.1, 0.15) is 25.2 Å². The van der Waals surface area contributed by atoms with Crippen LogP contribution in [0, 0.1) is 0 Å². The van der Waals surface area contributed by atoms with Gasteiger partial charge in [0.15, 0.2) is 53.8 Å². The fourth-order valence-electron chi connectivity index (χ4n) is 5.75. The van der Waals surface area contributed by atoms with E-state index in [0.29, 0.717) is 10.5 Å². The number of fused-ring (bicyclic) bond motifs is 3. The van der Waals surface area contributed by atoms with Gasteiger partial charge >= 0.3 is 23.6 Å². The lowest BCUT2D eigenvalue weighted by molar-refractivity contribution is -0.142. The molecule has 0 amide bonds. The van der Waals surface area contributed by atoms with Crippen LogP contribution in [0.2, 0.25) is 0 Å². The van der Waals surface area contributed by atoms with Crippen LogP contribution in [-0.2, 0) is 32.0 Å². The Balaban J connectivity index is 0.000000211. The fraction of sp³-hybridized carbons (Fsp3) is 0.200. The van der Waals surface area contributed by atoms with Crippen LogP contribution in [0.4, 0.5) is 39.5 Å². The number of pyridine rings is 3.